The maximum absolute atomic E-state index is 12.5. The summed E-state index contributed by atoms with van der Waals surface area (Å²) in [6.45, 7) is 5.37. The third-order valence-corrected chi connectivity index (χ3v) is 4.22. The van der Waals surface area contributed by atoms with Crippen molar-refractivity contribution >= 4 is 17.7 Å². The smallest absolute Gasteiger partial charge is 0.337 e. The minimum Gasteiger partial charge on any atom is -0.493 e. The van der Waals surface area contributed by atoms with Gasteiger partial charge in [-0.25, -0.2) is 9.59 Å². The number of hydrogen-bond donors (Lipinski definition) is 2. The summed E-state index contributed by atoms with van der Waals surface area (Å²) >= 11 is 0. The molecule has 2 rings (SSSR count). The lowest BCUT2D eigenvalue weighted by atomic mass is 9.93. The molecule has 10 nitrogen and oxygen atoms in total. The summed E-state index contributed by atoms with van der Waals surface area (Å²) in [7, 11) is 2.59. The van der Waals surface area contributed by atoms with Gasteiger partial charge in [-0.15, -0.1) is 0 Å². The highest BCUT2D eigenvalue weighted by Crippen LogP contribution is 2.42. The number of nitrogens with zero attached hydrogens (tertiary/aromatic N) is 1. The maximum Gasteiger partial charge on any atom is 0.337 e. The summed E-state index contributed by atoms with van der Waals surface area (Å²) in [5.41, 5.74) is 0.565. The third kappa shape index (κ3) is 4.76. The predicted molar refractivity (Wildman–Crippen MR) is 104 cm³/mol. The first-order valence-corrected chi connectivity index (χ1v) is 9.15. The number of nitro groups is 1. The van der Waals surface area contributed by atoms with Crippen LogP contribution in [0.25, 0.3) is 0 Å². The van der Waals surface area contributed by atoms with Gasteiger partial charge in [-0.3, -0.25) is 10.1 Å². The monoisotopic (exact) mass is 407 g/mol. The normalized spacial score (nSPS) is 16.2. The molecule has 1 atom stereocenters. The van der Waals surface area contributed by atoms with Crippen molar-refractivity contribution in [1.29, 1.82) is 0 Å². The molecule has 2 N–H and O–H groups in total. The molecular formula is C19H25N3O7. The Hall–Kier alpha value is -3.30. The van der Waals surface area contributed by atoms with Crippen LogP contribution < -0.4 is 20.1 Å². The number of nitrogens with one attached hydrogen (secondary N) is 2. The molecule has 2 amide bonds. The van der Waals surface area contributed by atoms with E-state index in [1.165, 1.54) is 26.4 Å². The molecule has 0 saturated carbocycles. The molecule has 1 aliphatic heterocycles. The van der Waals surface area contributed by atoms with Gasteiger partial charge >= 0.3 is 17.7 Å². The SMILES string of the molecule is CCCC1=C(C(=O)OC)C(c2cc(OC)c(OC(C)C)c([N+](=O)[O-])c2)NC(=O)N1. The van der Waals surface area contributed by atoms with E-state index in [-0.39, 0.29) is 28.9 Å². The van der Waals surface area contributed by atoms with Gasteiger partial charge in [0.25, 0.3) is 0 Å². The van der Waals surface area contributed by atoms with E-state index >= 15 is 0 Å². The van der Waals surface area contributed by atoms with E-state index in [9.17, 15) is 19.7 Å². The first-order chi connectivity index (χ1) is 13.7. The van der Waals surface area contributed by atoms with Crippen molar-refractivity contribution in [2.75, 3.05) is 14.2 Å². The summed E-state index contributed by atoms with van der Waals surface area (Å²) < 4.78 is 15.8. The zero-order valence-electron chi connectivity index (χ0n) is 17.0. The number of hydrogen-bond acceptors (Lipinski definition) is 7. The van der Waals surface area contributed by atoms with E-state index in [1.54, 1.807) is 13.8 Å². The lowest BCUT2D eigenvalue weighted by Crippen LogP contribution is -2.45. The Morgan fingerprint density at radius 3 is 2.52 bits per heavy atom. The molecule has 1 aromatic carbocycles. The summed E-state index contributed by atoms with van der Waals surface area (Å²) in [6.07, 6.45) is 0.781. The molecule has 0 radical (unpaired) electrons. The molecule has 0 fully saturated rings. The molecule has 0 spiro atoms. The Balaban J connectivity index is 2.71. The fourth-order valence-corrected chi connectivity index (χ4v) is 3.08. The molecule has 29 heavy (non-hydrogen) atoms. The molecule has 1 aliphatic rings. The highest BCUT2D eigenvalue weighted by atomic mass is 16.6. The van der Waals surface area contributed by atoms with Crippen LogP contribution in [0.5, 0.6) is 11.5 Å². The van der Waals surface area contributed by atoms with Crippen molar-refractivity contribution < 1.29 is 28.7 Å². The number of amides is 2. The van der Waals surface area contributed by atoms with Gasteiger partial charge in [-0.05, 0) is 31.9 Å². The fraction of sp³-hybridized carbons (Fsp3) is 0.474. The summed E-state index contributed by atoms with van der Waals surface area (Å²) in [5, 5.41) is 16.9. The number of allylic oxidation sites excluding steroid dienone is 1. The standard InChI is InChI=1S/C19H25N3O7/c1-6-7-12-15(18(23)28-5)16(21-19(24)20-12)11-8-13(22(25)26)17(29-10(2)3)14(9-11)27-4/h8-10,16H,6-7H2,1-5H3,(H2,20,21,24). The molecule has 0 aliphatic carbocycles. The molecule has 158 valence electrons. The maximum atomic E-state index is 12.5. The first kappa shape index (κ1) is 22.0. The number of carbonyl (C=O) groups excluding carboxylic acids is 2. The fourth-order valence-electron chi connectivity index (χ4n) is 3.08. The Morgan fingerprint density at radius 1 is 1.31 bits per heavy atom. The number of nitro benzene ring substituents is 1. The third-order valence-electron chi connectivity index (χ3n) is 4.22. The number of esters is 1. The molecule has 0 saturated heterocycles. The lowest BCUT2D eigenvalue weighted by Gasteiger charge is -2.29. The van der Waals surface area contributed by atoms with Crippen LogP contribution >= 0.6 is 0 Å². The minimum absolute atomic E-state index is 0.0195. The van der Waals surface area contributed by atoms with E-state index in [1.807, 2.05) is 6.92 Å². The van der Waals surface area contributed by atoms with Gasteiger partial charge in [0.2, 0.25) is 5.75 Å². The van der Waals surface area contributed by atoms with Gasteiger partial charge in [0.15, 0.2) is 5.75 Å². The summed E-state index contributed by atoms with van der Waals surface area (Å²) in [4.78, 5) is 35.7. The van der Waals surface area contributed by atoms with Gasteiger partial charge in [0, 0.05) is 11.8 Å². The van der Waals surface area contributed by atoms with Gasteiger partial charge in [-0.1, -0.05) is 13.3 Å². The van der Waals surface area contributed by atoms with Gasteiger partial charge < -0.3 is 24.8 Å². The molecule has 1 aromatic rings. The van der Waals surface area contributed by atoms with Crippen LogP contribution in [-0.2, 0) is 9.53 Å². The number of methoxy groups -OCH3 is 2. The van der Waals surface area contributed by atoms with Crippen molar-refractivity contribution in [1.82, 2.24) is 10.6 Å². The number of ether oxygens (including phenoxy) is 3. The highest BCUT2D eigenvalue weighted by Gasteiger charge is 2.35. The molecule has 1 heterocycles. The van der Waals surface area contributed by atoms with Crippen LogP contribution in [0, 0.1) is 10.1 Å². The Labute approximate surface area is 168 Å². The van der Waals surface area contributed by atoms with Gasteiger partial charge in [0.05, 0.1) is 36.9 Å². The zero-order chi connectivity index (χ0) is 21.7. The average molecular weight is 407 g/mol. The quantitative estimate of drug-likeness (QED) is 0.385. The number of rotatable bonds is 8. The van der Waals surface area contributed by atoms with Gasteiger partial charge in [0.1, 0.15) is 0 Å². The summed E-state index contributed by atoms with van der Waals surface area (Å²) in [5.74, 6) is -0.541. The van der Waals surface area contributed by atoms with Gasteiger partial charge in [-0.2, -0.15) is 0 Å². The second-order valence-electron chi connectivity index (χ2n) is 6.66. The Kier molecular flexibility index (Phi) is 7.03. The van der Waals surface area contributed by atoms with Crippen molar-refractivity contribution in [3.8, 4) is 11.5 Å². The van der Waals surface area contributed by atoms with Crippen LogP contribution in [0.2, 0.25) is 0 Å². The van der Waals surface area contributed by atoms with E-state index < -0.39 is 23.0 Å². The van der Waals surface area contributed by atoms with Crippen LogP contribution in [0.15, 0.2) is 23.4 Å². The predicted octanol–water partition coefficient (Wildman–Crippen LogP) is 2.97. The summed E-state index contributed by atoms with van der Waals surface area (Å²) in [6, 6.07) is 1.31. The Bertz CT molecular complexity index is 848. The van der Waals surface area contributed by atoms with E-state index in [4.69, 9.17) is 14.2 Å². The van der Waals surface area contributed by atoms with Crippen LogP contribution in [0.3, 0.4) is 0 Å². The van der Waals surface area contributed by atoms with Crippen molar-refractivity contribution in [2.45, 2.75) is 45.8 Å². The zero-order valence-corrected chi connectivity index (χ0v) is 17.0. The average Bonchev–Trinajstić information content (AvgIpc) is 2.66. The number of benzene rings is 1. The van der Waals surface area contributed by atoms with Crippen LogP contribution in [0.1, 0.15) is 45.2 Å². The lowest BCUT2D eigenvalue weighted by molar-refractivity contribution is -0.386. The number of carbonyl (C=O) groups is 2. The van der Waals surface area contributed by atoms with E-state index in [0.717, 1.165) is 0 Å². The highest BCUT2D eigenvalue weighted by molar-refractivity contribution is 5.95. The topological polar surface area (TPSA) is 129 Å². The second-order valence-corrected chi connectivity index (χ2v) is 6.66. The molecule has 1 unspecified atom stereocenters. The number of urea groups is 1. The second kappa shape index (κ2) is 9.26. The minimum atomic E-state index is -0.946. The van der Waals surface area contributed by atoms with E-state index in [2.05, 4.69) is 10.6 Å². The van der Waals surface area contributed by atoms with Crippen molar-refractivity contribution in [2.24, 2.45) is 0 Å². The Morgan fingerprint density at radius 2 is 2.00 bits per heavy atom. The molecule has 10 heteroatoms. The van der Waals surface area contributed by atoms with Crippen molar-refractivity contribution in [3.63, 3.8) is 0 Å². The van der Waals surface area contributed by atoms with Crippen LogP contribution in [-0.4, -0.2) is 37.2 Å². The van der Waals surface area contributed by atoms with E-state index in [0.29, 0.717) is 24.1 Å². The largest absolute Gasteiger partial charge is 0.493 e. The first-order valence-electron chi connectivity index (χ1n) is 9.15. The molecule has 0 bridgehead atoms. The van der Waals surface area contributed by atoms with Crippen molar-refractivity contribution in [3.05, 3.63) is 39.1 Å². The molecule has 0 aromatic heterocycles. The van der Waals surface area contributed by atoms with Crippen LogP contribution in [0.4, 0.5) is 10.5 Å². The molecular weight excluding hydrogens is 382 g/mol.